The molecule has 17 heavy (non-hydrogen) atoms. The molecule has 3 heteroatoms. The fourth-order valence-electron chi connectivity index (χ4n) is 1.95. The Morgan fingerprint density at radius 3 is 2.65 bits per heavy atom. The van der Waals surface area contributed by atoms with Crippen molar-refractivity contribution >= 4 is 0 Å². The predicted molar refractivity (Wildman–Crippen MR) is 69.3 cm³/mol. The number of nitrogens with two attached hydrogens (primary N) is 1. The zero-order valence-electron chi connectivity index (χ0n) is 10.1. The van der Waals surface area contributed by atoms with E-state index in [1.807, 2.05) is 18.2 Å². The lowest BCUT2D eigenvalue weighted by Gasteiger charge is -2.18. The zero-order valence-corrected chi connectivity index (χ0v) is 10.1. The number of aryl methyl sites for hydroxylation is 2. The molecule has 0 radical (unpaired) electrons. The molecule has 1 unspecified atom stereocenters. The van der Waals surface area contributed by atoms with Gasteiger partial charge in [0, 0.05) is 6.20 Å². The molecule has 1 aromatic carbocycles. The van der Waals surface area contributed by atoms with Gasteiger partial charge < -0.3 is 0 Å². The molecule has 0 aliphatic heterocycles. The molecule has 1 atom stereocenters. The average molecular weight is 227 g/mol. The van der Waals surface area contributed by atoms with Crippen molar-refractivity contribution in [1.29, 1.82) is 0 Å². The Bertz CT molecular complexity index is 494. The highest BCUT2D eigenvalue weighted by atomic mass is 15.2. The van der Waals surface area contributed by atoms with Gasteiger partial charge in [-0.25, -0.2) is 5.43 Å². The lowest BCUT2D eigenvalue weighted by molar-refractivity contribution is 0.617. The van der Waals surface area contributed by atoms with Gasteiger partial charge in [-0.3, -0.25) is 10.8 Å². The Morgan fingerprint density at radius 1 is 1.18 bits per heavy atom. The highest BCUT2D eigenvalue weighted by Crippen LogP contribution is 2.23. The Hall–Kier alpha value is -1.71. The molecule has 88 valence electrons. The summed E-state index contributed by atoms with van der Waals surface area (Å²) in [4.78, 5) is 4.35. The van der Waals surface area contributed by atoms with Gasteiger partial charge in [-0.05, 0) is 37.1 Å². The van der Waals surface area contributed by atoms with Crippen LogP contribution in [-0.2, 0) is 0 Å². The molecule has 0 spiro atoms. The Morgan fingerprint density at radius 2 is 2.00 bits per heavy atom. The van der Waals surface area contributed by atoms with E-state index in [-0.39, 0.29) is 6.04 Å². The van der Waals surface area contributed by atoms with Crippen LogP contribution >= 0.6 is 0 Å². The van der Waals surface area contributed by atoms with Gasteiger partial charge >= 0.3 is 0 Å². The lowest BCUT2D eigenvalue weighted by atomic mass is 9.97. The van der Waals surface area contributed by atoms with Gasteiger partial charge in [0.15, 0.2) is 0 Å². The van der Waals surface area contributed by atoms with Crippen LogP contribution in [-0.4, -0.2) is 4.98 Å². The van der Waals surface area contributed by atoms with E-state index >= 15 is 0 Å². The molecule has 2 aromatic rings. The topological polar surface area (TPSA) is 50.9 Å². The first-order valence-corrected chi connectivity index (χ1v) is 5.66. The first-order chi connectivity index (χ1) is 8.22. The normalized spacial score (nSPS) is 12.4. The maximum absolute atomic E-state index is 5.67. The van der Waals surface area contributed by atoms with Crippen molar-refractivity contribution in [2.24, 2.45) is 5.84 Å². The molecule has 0 amide bonds. The van der Waals surface area contributed by atoms with Crippen molar-refractivity contribution in [2.75, 3.05) is 0 Å². The van der Waals surface area contributed by atoms with Crippen LogP contribution in [0.15, 0.2) is 42.6 Å². The second-order valence-electron chi connectivity index (χ2n) is 4.21. The van der Waals surface area contributed by atoms with E-state index in [1.165, 1.54) is 16.7 Å². The Labute approximate surface area is 102 Å². The summed E-state index contributed by atoms with van der Waals surface area (Å²) < 4.78 is 0. The quantitative estimate of drug-likeness (QED) is 0.624. The van der Waals surface area contributed by atoms with Crippen LogP contribution in [0.2, 0.25) is 0 Å². The molecule has 0 aliphatic rings. The number of nitrogens with zero attached hydrogens (tertiary/aromatic N) is 1. The van der Waals surface area contributed by atoms with Crippen LogP contribution in [0.25, 0.3) is 0 Å². The van der Waals surface area contributed by atoms with Crippen molar-refractivity contribution in [2.45, 2.75) is 19.9 Å². The average Bonchev–Trinajstić information content (AvgIpc) is 2.36. The monoisotopic (exact) mass is 227 g/mol. The molecule has 0 saturated heterocycles. The number of pyridine rings is 1. The zero-order chi connectivity index (χ0) is 12.3. The van der Waals surface area contributed by atoms with E-state index < -0.39 is 0 Å². The molecular formula is C14H17N3. The summed E-state index contributed by atoms with van der Waals surface area (Å²) in [6, 6.07) is 12.2. The van der Waals surface area contributed by atoms with Gasteiger partial charge in [-0.1, -0.05) is 29.8 Å². The van der Waals surface area contributed by atoms with Crippen LogP contribution in [0.1, 0.15) is 28.4 Å². The van der Waals surface area contributed by atoms with Crippen LogP contribution in [0, 0.1) is 13.8 Å². The third kappa shape index (κ3) is 2.52. The van der Waals surface area contributed by atoms with Crippen LogP contribution in [0.5, 0.6) is 0 Å². The van der Waals surface area contributed by atoms with Crippen LogP contribution < -0.4 is 11.3 Å². The molecule has 3 nitrogen and oxygen atoms in total. The van der Waals surface area contributed by atoms with E-state index in [0.29, 0.717) is 0 Å². The van der Waals surface area contributed by atoms with Crippen molar-refractivity contribution in [3.05, 3.63) is 65.0 Å². The fraction of sp³-hybridized carbons (Fsp3) is 0.214. The standard InChI is InChI=1S/C14H17N3/c1-10-6-7-11(2)12(9-10)14(17-15)13-5-3-4-8-16-13/h3-9,14,17H,15H2,1-2H3. The molecule has 3 N–H and O–H groups in total. The molecule has 0 aliphatic carbocycles. The minimum Gasteiger partial charge on any atom is -0.271 e. The van der Waals surface area contributed by atoms with Gasteiger partial charge in [-0.15, -0.1) is 0 Å². The number of benzene rings is 1. The van der Waals surface area contributed by atoms with E-state index in [4.69, 9.17) is 5.84 Å². The van der Waals surface area contributed by atoms with Crippen LogP contribution in [0.4, 0.5) is 0 Å². The number of aromatic nitrogens is 1. The molecule has 1 aromatic heterocycles. The molecule has 0 fully saturated rings. The molecule has 0 bridgehead atoms. The third-order valence-electron chi connectivity index (χ3n) is 2.90. The summed E-state index contributed by atoms with van der Waals surface area (Å²) in [7, 11) is 0. The summed E-state index contributed by atoms with van der Waals surface area (Å²) in [5.74, 6) is 5.67. The highest BCUT2D eigenvalue weighted by Gasteiger charge is 2.15. The summed E-state index contributed by atoms with van der Waals surface area (Å²) >= 11 is 0. The van der Waals surface area contributed by atoms with Crippen molar-refractivity contribution < 1.29 is 0 Å². The summed E-state index contributed by atoms with van der Waals surface area (Å²) in [6.07, 6.45) is 1.78. The summed E-state index contributed by atoms with van der Waals surface area (Å²) in [6.45, 7) is 4.16. The largest absolute Gasteiger partial charge is 0.271 e. The third-order valence-corrected chi connectivity index (χ3v) is 2.90. The van der Waals surface area contributed by atoms with E-state index in [9.17, 15) is 0 Å². The lowest BCUT2D eigenvalue weighted by Crippen LogP contribution is -2.30. The second kappa shape index (κ2) is 5.08. The summed E-state index contributed by atoms with van der Waals surface area (Å²) in [5.41, 5.74) is 7.38. The van der Waals surface area contributed by atoms with Gasteiger partial charge in [0.2, 0.25) is 0 Å². The number of hydrogen-bond donors (Lipinski definition) is 2. The highest BCUT2D eigenvalue weighted by molar-refractivity contribution is 5.37. The smallest absolute Gasteiger partial charge is 0.0884 e. The van der Waals surface area contributed by atoms with Crippen molar-refractivity contribution in [3.63, 3.8) is 0 Å². The Balaban J connectivity index is 2.46. The molecule has 0 saturated carbocycles. The molecular weight excluding hydrogens is 210 g/mol. The predicted octanol–water partition coefficient (Wildman–Crippen LogP) is 2.25. The number of hydrogen-bond acceptors (Lipinski definition) is 3. The van der Waals surface area contributed by atoms with Gasteiger partial charge in [0.1, 0.15) is 0 Å². The maximum atomic E-state index is 5.67. The SMILES string of the molecule is Cc1ccc(C)c(C(NN)c2ccccn2)c1. The van der Waals surface area contributed by atoms with Crippen LogP contribution in [0.3, 0.4) is 0 Å². The maximum Gasteiger partial charge on any atom is 0.0884 e. The van der Waals surface area contributed by atoms with Crippen molar-refractivity contribution in [3.8, 4) is 0 Å². The van der Waals surface area contributed by atoms with Gasteiger partial charge in [0.25, 0.3) is 0 Å². The molecule has 2 rings (SSSR count). The van der Waals surface area contributed by atoms with Crippen molar-refractivity contribution in [1.82, 2.24) is 10.4 Å². The van der Waals surface area contributed by atoms with E-state index in [1.54, 1.807) is 6.20 Å². The van der Waals surface area contributed by atoms with Gasteiger partial charge in [0.05, 0.1) is 11.7 Å². The van der Waals surface area contributed by atoms with E-state index in [2.05, 4.69) is 42.5 Å². The molecule has 1 heterocycles. The fourth-order valence-corrected chi connectivity index (χ4v) is 1.95. The minimum atomic E-state index is -0.0592. The number of rotatable bonds is 3. The number of nitrogens with one attached hydrogen (secondary N) is 1. The summed E-state index contributed by atoms with van der Waals surface area (Å²) in [5, 5.41) is 0. The minimum absolute atomic E-state index is 0.0592. The van der Waals surface area contributed by atoms with E-state index in [0.717, 1.165) is 5.69 Å². The first kappa shape index (κ1) is 11.8. The first-order valence-electron chi connectivity index (χ1n) is 5.66. The van der Waals surface area contributed by atoms with Gasteiger partial charge in [-0.2, -0.15) is 0 Å². The second-order valence-corrected chi connectivity index (χ2v) is 4.21. The Kier molecular flexibility index (Phi) is 3.52. The number of hydrazine groups is 1.